The van der Waals surface area contributed by atoms with Gasteiger partial charge in [-0.25, -0.2) is 9.37 Å². The molecule has 0 aliphatic heterocycles. The van der Waals surface area contributed by atoms with Crippen LogP contribution in [-0.2, 0) is 22.4 Å². The molecular weight excluding hydrogens is 385 g/mol. The average Bonchev–Trinajstić information content (AvgIpc) is 3.29. The third kappa shape index (κ3) is 5.21. The van der Waals surface area contributed by atoms with Gasteiger partial charge in [-0.15, -0.1) is 22.7 Å². The van der Waals surface area contributed by atoms with Crippen molar-refractivity contribution in [2.45, 2.75) is 19.8 Å². The van der Waals surface area contributed by atoms with E-state index in [0.717, 1.165) is 4.88 Å². The molecule has 5 nitrogen and oxygen atoms in total. The summed E-state index contributed by atoms with van der Waals surface area (Å²) >= 11 is 2.82. The lowest BCUT2D eigenvalue weighted by molar-refractivity contribution is -0.118. The maximum absolute atomic E-state index is 13.1. The van der Waals surface area contributed by atoms with Gasteiger partial charge >= 0.3 is 0 Å². The molecule has 1 aromatic carbocycles. The first kappa shape index (κ1) is 19.2. The van der Waals surface area contributed by atoms with Crippen molar-refractivity contribution in [1.82, 2.24) is 4.98 Å². The van der Waals surface area contributed by atoms with E-state index in [1.807, 2.05) is 24.4 Å². The van der Waals surface area contributed by atoms with Crippen LogP contribution in [-0.4, -0.2) is 23.3 Å². The first-order valence-corrected chi connectivity index (χ1v) is 10.1. The molecule has 0 bridgehead atoms. The van der Waals surface area contributed by atoms with Crippen molar-refractivity contribution in [3.8, 4) is 0 Å². The molecule has 8 heteroatoms. The number of anilines is 2. The predicted molar refractivity (Wildman–Crippen MR) is 107 cm³/mol. The van der Waals surface area contributed by atoms with Crippen molar-refractivity contribution in [1.29, 1.82) is 0 Å². The summed E-state index contributed by atoms with van der Waals surface area (Å²) in [6.45, 7) is 2.33. The van der Waals surface area contributed by atoms with Crippen molar-refractivity contribution < 1.29 is 14.0 Å². The molecule has 0 unspecified atom stereocenters. The van der Waals surface area contributed by atoms with Crippen molar-refractivity contribution >= 4 is 45.3 Å². The Morgan fingerprint density at radius 3 is 2.59 bits per heavy atom. The van der Waals surface area contributed by atoms with Crippen LogP contribution in [0.4, 0.5) is 15.2 Å². The highest BCUT2D eigenvalue weighted by Gasteiger charge is 2.17. The van der Waals surface area contributed by atoms with Crippen LogP contribution in [0.3, 0.4) is 0 Å². The van der Waals surface area contributed by atoms with Crippen LogP contribution in [0.2, 0.25) is 0 Å². The lowest BCUT2D eigenvalue weighted by Crippen LogP contribution is -2.32. The zero-order valence-electron chi connectivity index (χ0n) is 14.6. The second-order valence-electron chi connectivity index (χ2n) is 5.74. The van der Waals surface area contributed by atoms with Crippen LogP contribution in [0.5, 0.6) is 0 Å². The molecule has 0 fully saturated rings. The number of amides is 2. The number of thiazole rings is 1. The zero-order valence-corrected chi connectivity index (χ0v) is 16.3. The minimum Gasteiger partial charge on any atom is -0.312 e. The van der Waals surface area contributed by atoms with Gasteiger partial charge in [-0.1, -0.05) is 6.07 Å². The highest BCUT2D eigenvalue weighted by molar-refractivity contribution is 7.14. The number of halogens is 1. The number of nitrogens with one attached hydrogen (secondary N) is 1. The van der Waals surface area contributed by atoms with Crippen LogP contribution in [0.1, 0.15) is 17.5 Å². The predicted octanol–water partition coefficient (Wildman–Crippen LogP) is 4.12. The van der Waals surface area contributed by atoms with E-state index in [1.54, 1.807) is 22.4 Å². The molecule has 1 N–H and O–H groups in total. The minimum absolute atomic E-state index is 0.114. The van der Waals surface area contributed by atoms with Gasteiger partial charge in [0, 0.05) is 22.5 Å². The van der Waals surface area contributed by atoms with Crippen LogP contribution < -0.4 is 10.2 Å². The number of nitrogens with zero attached hydrogens (tertiary/aromatic N) is 2. The van der Waals surface area contributed by atoms with Gasteiger partial charge in [0.2, 0.25) is 11.8 Å². The van der Waals surface area contributed by atoms with Crippen LogP contribution in [0.25, 0.3) is 0 Å². The van der Waals surface area contributed by atoms with Gasteiger partial charge in [0.15, 0.2) is 5.13 Å². The van der Waals surface area contributed by atoms with Gasteiger partial charge in [0.25, 0.3) is 0 Å². The first-order valence-electron chi connectivity index (χ1n) is 8.37. The number of carbonyl (C=O) groups is 2. The van der Waals surface area contributed by atoms with Crippen LogP contribution in [0.15, 0.2) is 47.2 Å². The Labute approximate surface area is 164 Å². The number of likely N-dealkylation sites (N-methyl/N-ethyl adjacent to an activating group) is 1. The van der Waals surface area contributed by atoms with Gasteiger partial charge in [-0.2, -0.15) is 0 Å². The van der Waals surface area contributed by atoms with Gasteiger partial charge < -0.3 is 10.2 Å². The molecule has 0 aliphatic carbocycles. The second-order valence-corrected chi connectivity index (χ2v) is 7.63. The number of benzene rings is 1. The van der Waals surface area contributed by atoms with E-state index in [0.29, 0.717) is 29.5 Å². The maximum Gasteiger partial charge on any atom is 0.233 e. The van der Waals surface area contributed by atoms with Crippen molar-refractivity contribution in [3.63, 3.8) is 0 Å². The van der Waals surface area contributed by atoms with E-state index in [4.69, 9.17) is 0 Å². The number of hydrogen-bond donors (Lipinski definition) is 1. The Hall–Kier alpha value is -2.58. The molecule has 3 aromatic rings. The topological polar surface area (TPSA) is 62.3 Å². The summed E-state index contributed by atoms with van der Waals surface area (Å²) in [7, 11) is 0. The SMILES string of the molecule is CCN(C(=O)Cc1csc(NC(=O)Cc2cccs2)n1)c1ccc(F)cc1. The number of aromatic nitrogens is 1. The van der Waals surface area contributed by atoms with Crippen molar-refractivity contribution in [2.24, 2.45) is 0 Å². The summed E-state index contributed by atoms with van der Waals surface area (Å²) in [5.41, 5.74) is 1.24. The highest BCUT2D eigenvalue weighted by Crippen LogP contribution is 2.20. The van der Waals surface area contributed by atoms with E-state index >= 15 is 0 Å². The molecule has 27 heavy (non-hydrogen) atoms. The molecule has 2 aromatic heterocycles. The molecule has 0 atom stereocenters. The standard InChI is InChI=1S/C19H18FN3O2S2/c1-2-23(15-7-5-13(20)6-8-15)18(25)10-14-12-27-19(21-14)22-17(24)11-16-4-3-9-26-16/h3-9,12H,2,10-11H2,1H3,(H,21,22,24). The van der Waals surface area contributed by atoms with Gasteiger partial charge in [-0.3, -0.25) is 9.59 Å². The van der Waals surface area contributed by atoms with E-state index in [9.17, 15) is 14.0 Å². The fourth-order valence-electron chi connectivity index (χ4n) is 2.55. The highest BCUT2D eigenvalue weighted by atomic mass is 32.1. The molecule has 2 heterocycles. The molecule has 0 saturated carbocycles. The fourth-order valence-corrected chi connectivity index (χ4v) is 3.98. The summed E-state index contributed by atoms with van der Waals surface area (Å²) in [6, 6.07) is 9.62. The summed E-state index contributed by atoms with van der Waals surface area (Å²) in [4.78, 5) is 31.5. The third-order valence-corrected chi connectivity index (χ3v) is 5.48. The summed E-state index contributed by atoms with van der Waals surface area (Å²) in [6.07, 6.45) is 0.419. The van der Waals surface area contributed by atoms with Gasteiger partial charge in [0.1, 0.15) is 5.82 Å². The largest absolute Gasteiger partial charge is 0.312 e. The van der Waals surface area contributed by atoms with E-state index in [1.165, 1.54) is 34.8 Å². The number of rotatable bonds is 7. The minimum atomic E-state index is -0.343. The normalized spacial score (nSPS) is 10.6. The Kier molecular flexibility index (Phi) is 6.31. The molecule has 140 valence electrons. The third-order valence-electron chi connectivity index (χ3n) is 3.80. The average molecular weight is 404 g/mol. The Morgan fingerprint density at radius 1 is 1.15 bits per heavy atom. The van der Waals surface area contributed by atoms with E-state index < -0.39 is 0 Å². The Bertz CT molecular complexity index is 907. The first-order chi connectivity index (χ1) is 13.0. The van der Waals surface area contributed by atoms with Gasteiger partial charge in [-0.05, 0) is 42.6 Å². The van der Waals surface area contributed by atoms with E-state index in [2.05, 4.69) is 10.3 Å². The number of carbonyl (C=O) groups excluding carboxylic acids is 2. The monoisotopic (exact) mass is 403 g/mol. The molecule has 0 radical (unpaired) electrons. The lowest BCUT2D eigenvalue weighted by Gasteiger charge is -2.20. The maximum atomic E-state index is 13.1. The lowest BCUT2D eigenvalue weighted by atomic mass is 10.2. The molecular formula is C19H18FN3O2S2. The summed E-state index contributed by atoms with van der Waals surface area (Å²) < 4.78 is 13.1. The molecule has 0 spiro atoms. The van der Waals surface area contributed by atoms with Crippen molar-refractivity contribution in [3.05, 3.63) is 63.5 Å². The number of hydrogen-bond acceptors (Lipinski definition) is 5. The molecule has 0 saturated heterocycles. The molecule has 2 amide bonds. The van der Waals surface area contributed by atoms with Crippen molar-refractivity contribution in [2.75, 3.05) is 16.8 Å². The van der Waals surface area contributed by atoms with E-state index in [-0.39, 0.29) is 24.1 Å². The molecule has 0 aliphatic rings. The molecule has 3 rings (SSSR count). The van der Waals surface area contributed by atoms with Crippen LogP contribution in [0, 0.1) is 5.82 Å². The Morgan fingerprint density at radius 2 is 1.93 bits per heavy atom. The summed E-state index contributed by atoms with van der Waals surface area (Å²) in [5.74, 6) is -0.610. The van der Waals surface area contributed by atoms with Crippen LogP contribution >= 0.6 is 22.7 Å². The smallest absolute Gasteiger partial charge is 0.233 e. The quantitative estimate of drug-likeness (QED) is 0.645. The second kappa shape index (κ2) is 8.88. The Balaban J connectivity index is 1.59. The zero-order chi connectivity index (χ0) is 19.2. The fraction of sp³-hybridized carbons (Fsp3) is 0.211. The number of thiophene rings is 1. The summed E-state index contributed by atoms with van der Waals surface area (Å²) in [5, 5.41) is 6.93. The van der Waals surface area contributed by atoms with Gasteiger partial charge in [0.05, 0.1) is 18.5 Å².